The Hall–Kier alpha value is -0.404. The van der Waals surface area contributed by atoms with Crippen LogP contribution < -0.4 is 56.5 Å². The Kier molecular flexibility index (Phi) is 7.31. The second-order valence-electron chi connectivity index (χ2n) is 5.23. The SMILES string of the molecule is O=C([O-])CCCc1c(-c2ccccn2)[nH]c2cc(Cl)cc(Cl)c12.[K+]. The van der Waals surface area contributed by atoms with E-state index >= 15 is 0 Å². The maximum atomic E-state index is 10.7. The molecule has 1 N–H and O–H groups in total. The summed E-state index contributed by atoms with van der Waals surface area (Å²) in [7, 11) is 0. The number of rotatable bonds is 5. The molecule has 0 bridgehead atoms. The molecule has 2 heterocycles. The quantitative estimate of drug-likeness (QED) is 0.653. The van der Waals surface area contributed by atoms with Crippen LogP contribution in [0.4, 0.5) is 0 Å². The van der Waals surface area contributed by atoms with Gasteiger partial charge in [0.2, 0.25) is 0 Å². The van der Waals surface area contributed by atoms with E-state index in [2.05, 4.69) is 9.97 Å². The molecule has 24 heavy (non-hydrogen) atoms. The number of pyridine rings is 1. The number of hydrogen-bond acceptors (Lipinski definition) is 3. The number of aliphatic carboxylic acids is 1. The molecule has 0 aliphatic heterocycles. The molecule has 0 fully saturated rings. The van der Waals surface area contributed by atoms with Gasteiger partial charge in [0.1, 0.15) is 0 Å². The summed E-state index contributed by atoms with van der Waals surface area (Å²) in [6.45, 7) is 0. The molecule has 0 aliphatic carbocycles. The number of nitrogens with one attached hydrogen (secondary N) is 1. The molecule has 0 spiro atoms. The fourth-order valence-corrected chi connectivity index (χ4v) is 3.31. The van der Waals surface area contributed by atoms with Gasteiger partial charge in [-0.1, -0.05) is 29.3 Å². The number of carbonyl (C=O) groups is 1. The topological polar surface area (TPSA) is 68.8 Å². The minimum Gasteiger partial charge on any atom is -0.550 e. The molecule has 0 saturated carbocycles. The fourth-order valence-electron chi connectivity index (χ4n) is 2.70. The van der Waals surface area contributed by atoms with Crippen molar-refractivity contribution in [1.29, 1.82) is 0 Å². The third-order valence-electron chi connectivity index (χ3n) is 3.65. The Morgan fingerprint density at radius 3 is 2.71 bits per heavy atom. The van der Waals surface area contributed by atoms with Gasteiger partial charge in [-0.2, -0.15) is 0 Å². The molecule has 1 aromatic carbocycles. The number of H-pyrrole nitrogens is 1. The van der Waals surface area contributed by atoms with Crippen molar-refractivity contribution in [3.8, 4) is 11.4 Å². The van der Waals surface area contributed by atoms with E-state index in [-0.39, 0.29) is 57.8 Å². The molecular formula is C17H13Cl2KN2O2. The van der Waals surface area contributed by atoms with Crippen LogP contribution in [0.3, 0.4) is 0 Å². The van der Waals surface area contributed by atoms with Crippen LogP contribution >= 0.6 is 23.2 Å². The first kappa shape index (κ1) is 19.9. The third kappa shape index (κ3) is 4.41. The van der Waals surface area contributed by atoms with Crippen molar-refractivity contribution in [1.82, 2.24) is 9.97 Å². The Bertz CT molecular complexity index is 866. The number of fused-ring (bicyclic) bond motifs is 1. The molecule has 118 valence electrons. The van der Waals surface area contributed by atoms with Crippen LogP contribution in [0.1, 0.15) is 18.4 Å². The summed E-state index contributed by atoms with van der Waals surface area (Å²) in [4.78, 5) is 18.4. The summed E-state index contributed by atoms with van der Waals surface area (Å²) >= 11 is 12.4. The summed E-state index contributed by atoms with van der Waals surface area (Å²) in [5, 5.41) is 12.6. The molecule has 3 rings (SSSR count). The zero-order valence-electron chi connectivity index (χ0n) is 13.1. The average molecular weight is 387 g/mol. The number of carboxylic acid groups (broad SMARTS) is 1. The zero-order valence-corrected chi connectivity index (χ0v) is 17.7. The van der Waals surface area contributed by atoms with Crippen LogP contribution in [0.2, 0.25) is 10.0 Å². The predicted octanol–water partition coefficient (Wildman–Crippen LogP) is 0.613. The van der Waals surface area contributed by atoms with E-state index in [1.54, 1.807) is 18.3 Å². The van der Waals surface area contributed by atoms with E-state index in [1.807, 2.05) is 18.2 Å². The van der Waals surface area contributed by atoms with Gasteiger partial charge >= 0.3 is 51.4 Å². The Morgan fingerprint density at radius 1 is 1.25 bits per heavy atom. The fraction of sp³-hybridized carbons (Fsp3) is 0.176. The zero-order chi connectivity index (χ0) is 16.4. The average Bonchev–Trinajstić information content (AvgIpc) is 2.86. The number of aryl methyl sites for hydroxylation is 1. The molecule has 0 unspecified atom stereocenters. The second kappa shape index (κ2) is 8.81. The van der Waals surface area contributed by atoms with E-state index in [4.69, 9.17) is 23.2 Å². The molecular weight excluding hydrogens is 374 g/mol. The number of nitrogens with zero attached hydrogens (tertiary/aromatic N) is 1. The molecule has 2 aromatic heterocycles. The summed E-state index contributed by atoms with van der Waals surface area (Å²) in [5.41, 5.74) is 3.37. The van der Waals surface area contributed by atoms with Crippen LogP contribution in [0, 0.1) is 0 Å². The van der Waals surface area contributed by atoms with Gasteiger partial charge in [-0.15, -0.1) is 0 Å². The molecule has 0 aliphatic rings. The van der Waals surface area contributed by atoms with Crippen molar-refractivity contribution in [2.24, 2.45) is 0 Å². The maximum Gasteiger partial charge on any atom is 1.00 e. The van der Waals surface area contributed by atoms with Gasteiger partial charge in [-0.25, -0.2) is 0 Å². The van der Waals surface area contributed by atoms with Crippen LogP contribution in [-0.2, 0) is 11.2 Å². The van der Waals surface area contributed by atoms with Crippen molar-refractivity contribution < 1.29 is 61.3 Å². The maximum absolute atomic E-state index is 10.7. The first-order chi connectivity index (χ1) is 11.1. The molecule has 0 saturated heterocycles. The molecule has 0 amide bonds. The van der Waals surface area contributed by atoms with E-state index < -0.39 is 5.97 Å². The second-order valence-corrected chi connectivity index (χ2v) is 6.07. The third-order valence-corrected chi connectivity index (χ3v) is 4.16. The van der Waals surface area contributed by atoms with Crippen LogP contribution in [0.25, 0.3) is 22.3 Å². The Morgan fingerprint density at radius 2 is 2.04 bits per heavy atom. The molecule has 3 aromatic rings. The van der Waals surface area contributed by atoms with Gasteiger partial charge in [-0.05, 0) is 49.1 Å². The summed E-state index contributed by atoms with van der Waals surface area (Å²) < 4.78 is 0. The minimum atomic E-state index is -1.06. The Balaban J connectivity index is 0.00000208. The summed E-state index contributed by atoms with van der Waals surface area (Å²) in [6.07, 6.45) is 2.73. The predicted molar refractivity (Wildman–Crippen MR) is 89.5 cm³/mol. The number of hydrogen-bond donors (Lipinski definition) is 1. The van der Waals surface area contributed by atoms with E-state index in [1.165, 1.54) is 0 Å². The van der Waals surface area contributed by atoms with Crippen molar-refractivity contribution in [2.75, 3.05) is 0 Å². The van der Waals surface area contributed by atoms with Crippen molar-refractivity contribution in [2.45, 2.75) is 19.3 Å². The number of aromatic amines is 1. The van der Waals surface area contributed by atoms with Crippen molar-refractivity contribution in [3.05, 3.63) is 52.1 Å². The molecule has 4 nitrogen and oxygen atoms in total. The molecule has 7 heteroatoms. The summed E-state index contributed by atoms with van der Waals surface area (Å²) in [5.74, 6) is -1.06. The van der Waals surface area contributed by atoms with Gasteiger partial charge < -0.3 is 14.9 Å². The van der Waals surface area contributed by atoms with Gasteiger partial charge in [0.15, 0.2) is 0 Å². The standard InChI is InChI=1S/C17H14Cl2N2O2.K/c18-10-8-12(19)16-11(4-3-6-15(22)23)17(21-14(16)9-10)13-5-1-2-7-20-13;/h1-2,5,7-9,21H,3-4,6H2,(H,22,23);/q;+1/p-1. The summed E-state index contributed by atoms with van der Waals surface area (Å²) in [6, 6.07) is 9.11. The van der Waals surface area contributed by atoms with Crippen LogP contribution in [0.5, 0.6) is 0 Å². The first-order valence-corrected chi connectivity index (χ1v) is 7.92. The first-order valence-electron chi connectivity index (χ1n) is 7.17. The van der Waals surface area contributed by atoms with Gasteiger partial charge in [-0.3, -0.25) is 4.98 Å². The molecule has 0 atom stereocenters. The Labute approximate surface area is 192 Å². The smallest absolute Gasteiger partial charge is 0.550 e. The van der Waals surface area contributed by atoms with Gasteiger partial charge in [0, 0.05) is 28.1 Å². The van der Waals surface area contributed by atoms with E-state index in [9.17, 15) is 9.90 Å². The van der Waals surface area contributed by atoms with E-state index in [0.29, 0.717) is 22.9 Å². The van der Waals surface area contributed by atoms with Crippen LogP contribution in [0.15, 0.2) is 36.5 Å². The minimum absolute atomic E-state index is 0. The van der Waals surface area contributed by atoms with Crippen molar-refractivity contribution >= 4 is 40.1 Å². The number of carbonyl (C=O) groups excluding carboxylic acids is 1. The number of benzene rings is 1. The van der Waals surface area contributed by atoms with Gasteiger partial charge in [0.05, 0.1) is 16.4 Å². The largest absolute Gasteiger partial charge is 1.00 e. The molecule has 0 radical (unpaired) electrons. The van der Waals surface area contributed by atoms with Crippen LogP contribution in [-0.4, -0.2) is 15.9 Å². The number of carboxylic acids is 1. The van der Waals surface area contributed by atoms with Gasteiger partial charge in [0.25, 0.3) is 0 Å². The van der Waals surface area contributed by atoms with E-state index in [0.717, 1.165) is 27.9 Å². The van der Waals surface area contributed by atoms with Crippen molar-refractivity contribution in [3.63, 3.8) is 0 Å². The monoisotopic (exact) mass is 386 g/mol. The number of aromatic nitrogens is 2. The number of halogens is 2. The normalized spacial score (nSPS) is 10.6.